The van der Waals surface area contributed by atoms with Gasteiger partial charge in [-0.15, -0.1) is 11.3 Å². The van der Waals surface area contributed by atoms with E-state index in [0.29, 0.717) is 12.0 Å². The van der Waals surface area contributed by atoms with E-state index in [-0.39, 0.29) is 11.9 Å². The van der Waals surface area contributed by atoms with Gasteiger partial charge in [-0.2, -0.15) is 0 Å². The number of nitrogens with one attached hydrogen (secondary N) is 1. The van der Waals surface area contributed by atoms with Crippen LogP contribution in [0.4, 0.5) is 4.39 Å². The van der Waals surface area contributed by atoms with Crippen LogP contribution in [0.3, 0.4) is 0 Å². The molecule has 0 saturated heterocycles. The van der Waals surface area contributed by atoms with Gasteiger partial charge in [0.2, 0.25) is 0 Å². The maximum absolute atomic E-state index is 13.5. The maximum Gasteiger partial charge on any atom is 0.126 e. The Morgan fingerprint density at radius 2 is 2.06 bits per heavy atom. The summed E-state index contributed by atoms with van der Waals surface area (Å²) in [5, 5.41) is 0. The maximum atomic E-state index is 13.5. The van der Waals surface area contributed by atoms with Crippen LogP contribution in [0.25, 0.3) is 0 Å². The zero-order chi connectivity index (χ0) is 12.3. The predicted molar refractivity (Wildman–Crippen MR) is 72.2 cm³/mol. The van der Waals surface area contributed by atoms with E-state index in [9.17, 15) is 4.39 Å². The van der Waals surface area contributed by atoms with E-state index in [1.165, 1.54) is 6.07 Å². The number of hydrogen-bond donors (Lipinski definition) is 2. The molecule has 0 aliphatic carbocycles. The average molecular weight is 315 g/mol. The molecule has 0 saturated carbocycles. The van der Waals surface area contributed by atoms with E-state index in [0.717, 1.165) is 8.66 Å². The normalized spacial score (nSPS) is 12.6. The van der Waals surface area contributed by atoms with Crippen molar-refractivity contribution in [2.75, 3.05) is 0 Å². The van der Waals surface area contributed by atoms with Crippen molar-refractivity contribution in [1.29, 1.82) is 0 Å². The van der Waals surface area contributed by atoms with Gasteiger partial charge in [-0.05, 0) is 46.1 Å². The molecule has 1 unspecified atom stereocenters. The zero-order valence-corrected chi connectivity index (χ0v) is 11.4. The number of rotatable bonds is 4. The number of thiophene rings is 1. The van der Waals surface area contributed by atoms with Crippen molar-refractivity contribution in [3.05, 3.63) is 56.4 Å². The van der Waals surface area contributed by atoms with Crippen molar-refractivity contribution in [2.45, 2.75) is 12.5 Å². The standard InChI is InChI=1S/C12H12BrFN2S/c13-12-6-5-11(17-12)10(16-15)7-8-3-1-2-4-9(8)14/h1-6,10,16H,7,15H2. The number of hydrazine groups is 1. The summed E-state index contributed by atoms with van der Waals surface area (Å²) in [6.07, 6.45) is 0.538. The molecule has 17 heavy (non-hydrogen) atoms. The Morgan fingerprint density at radius 1 is 1.29 bits per heavy atom. The molecule has 0 fully saturated rings. The molecule has 0 aliphatic rings. The molecule has 5 heteroatoms. The summed E-state index contributed by atoms with van der Waals surface area (Å²) < 4.78 is 14.6. The number of halogens is 2. The van der Waals surface area contributed by atoms with Crippen LogP contribution >= 0.6 is 27.3 Å². The van der Waals surface area contributed by atoms with E-state index in [1.54, 1.807) is 23.5 Å². The third kappa shape index (κ3) is 3.13. The fraction of sp³-hybridized carbons (Fsp3) is 0.167. The predicted octanol–water partition coefficient (Wildman–Crippen LogP) is 3.40. The molecule has 2 aromatic rings. The van der Waals surface area contributed by atoms with Gasteiger partial charge in [0.15, 0.2) is 0 Å². The Balaban J connectivity index is 2.18. The summed E-state index contributed by atoms with van der Waals surface area (Å²) in [7, 11) is 0. The first-order chi connectivity index (χ1) is 8.20. The topological polar surface area (TPSA) is 38.0 Å². The van der Waals surface area contributed by atoms with Crippen molar-refractivity contribution in [1.82, 2.24) is 5.43 Å². The SMILES string of the molecule is NNC(Cc1ccccc1F)c1ccc(Br)s1. The summed E-state index contributed by atoms with van der Waals surface area (Å²) >= 11 is 5.00. The average Bonchev–Trinajstić information content (AvgIpc) is 2.75. The number of hydrogen-bond acceptors (Lipinski definition) is 3. The van der Waals surface area contributed by atoms with E-state index < -0.39 is 0 Å². The van der Waals surface area contributed by atoms with Crippen molar-refractivity contribution in [2.24, 2.45) is 5.84 Å². The van der Waals surface area contributed by atoms with Crippen molar-refractivity contribution < 1.29 is 4.39 Å². The van der Waals surface area contributed by atoms with Crippen LogP contribution in [0.5, 0.6) is 0 Å². The van der Waals surface area contributed by atoms with Crippen LogP contribution < -0.4 is 11.3 Å². The molecule has 0 amide bonds. The van der Waals surface area contributed by atoms with E-state index >= 15 is 0 Å². The van der Waals surface area contributed by atoms with Crippen LogP contribution in [0.15, 0.2) is 40.2 Å². The smallest absolute Gasteiger partial charge is 0.126 e. The highest BCUT2D eigenvalue weighted by Gasteiger charge is 2.14. The van der Waals surface area contributed by atoms with Gasteiger partial charge in [0, 0.05) is 4.88 Å². The van der Waals surface area contributed by atoms with Crippen LogP contribution in [-0.4, -0.2) is 0 Å². The van der Waals surface area contributed by atoms with Crippen molar-refractivity contribution >= 4 is 27.3 Å². The first-order valence-electron chi connectivity index (χ1n) is 5.15. The quantitative estimate of drug-likeness (QED) is 0.670. The molecule has 1 aromatic carbocycles. The van der Waals surface area contributed by atoms with Crippen LogP contribution in [-0.2, 0) is 6.42 Å². The highest BCUT2D eigenvalue weighted by atomic mass is 79.9. The third-order valence-electron chi connectivity index (χ3n) is 2.52. The summed E-state index contributed by atoms with van der Waals surface area (Å²) in [5.41, 5.74) is 3.40. The Labute approximate surface area is 112 Å². The molecule has 2 rings (SSSR count). The summed E-state index contributed by atoms with van der Waals surface area (Å²) in [6, 6.07) is 10.6. The Bertz CT molecular complexity index is 501. The van der Waals surface area contributed by atoms with E-state index in [1.807, 2.05) is 18.2 Å². The minimum Gasteiger partial charge on any atom is -0.271 e. The first-order valence-corrected chi connectivity index (χ1v) is 6.76. The summed E-state index contributed by atoms with van der Waals surface area (Å²) in [6.45, 7) is 0. The van der Waals surface area contributed by atoms with Crippen LogP contribution in [0.1, 0.15) is 16.5 Å². The molecular formula is C12H12BrFN2S. The molecule has 3 N–H and O–H groups in total. The lowest BCUT2D eigenvalue weighted by Gasteiger charge is -2.14. The Morgan fingerprint density at radius 3 is 2.65 bits per heavy atom. The van der Waals surface area contributed by atoms with Gasteiger partial charge in [-0.3, -0.25) is 11.3 Å². The molecule has 1 atom stereocenters. The molecule has 0 bridgehead atoms. The number of benzene rings is 1. The minimum absolute atomic E-state index is 0.0665. The highest BCUT2D eigenvalue weighted by Crippen LogP contribution is 2.29. The first kappa shape index (κ1) is 12.7. The second kappa shape index (κ2) is 5.73. The molecule has 1 aromatic heterocycles. The second-order valence-corrected chi connectivity index (χ2v) is 6.15. The Hall–Kier alpha value is -0.750. The van der Waals surface area contributed by atoms with Gasteiger partial charge >= 0.3 is 0 Å². The van der Waals surface area contributed by atoms with Crippen molar-refractivity contribution in [3.8, 4) is 0 Å². The lowest BCUT2D eigenvalue weighted by molar-refractivity contribution is 0.535. The molecule has 1 heterocycles. The van der Waals surface area contributed by atoms with Crippen LogP contribution in [0, 0.1) is 5.82 Å². The molecular weight excluding hydrogens is 303 g/mol. The van der Waals surface area contributed by atoms with Gasteiger partial charge < -0.3 is 0 Å². The fourth-order valence-corrected chi connectivity index (χ4v) is 3.12. The number of nitrogens with two attached hydrogens (primary N) is 1. The van der Waals surface area contributed by atoms with Gasteiger partial charge in [0.25, 0.3) is 0 Å². The highest BCUT2D eigenvalue weighted by molar-refractivity contribution is 9.11. The van der Waals surface area contributed by atoms with Gasteiger partial charge in [0.05, 0.1) is 9.83 Å². The zero-order valence-electron chi connectivity index (χ0n) is 8.99. The molecule has 0 spiro atoms. The van der Waals surface area contributed by atoms with Crippen molar-refractivity contribution in [3.63, 3.8) is 0 Å². The van der Waals surface area contributed by atoms with Gasteiger partial charge in [-0.1, -0.05) is 18.2 Å². The fourth-order valence-electron chi connectivity index (χ4n) is 1.64. The molecule has 2 nitrogen and oxygen atoms in total. The monoisotopic (exact) mass is 314 g/mol. The lowest BCUT2D eigenvalue weighted by Crippen LogP contribution is -2.29. The summed E-state index contributed by atoms with van der Waals surface area (Å²) in [4.78, 5) is 1.09. The van der Waals surface area contributed by atoms with Gasteiger partial charge in [0.1, 0.15) is 5.82 Å². The van der Waals surface area contributed by atoms with E-state index in [2.05, 4.69) is 21.4 Å². The Kier molecular flexibility index (Phi) is 4.28. The third-order valence-corrected chi connectivity index (χ3v) is 4.26. The minimum atomic E-state index is -0.191. The lowest BCUT2D eigenvalue weighted by atomic mass is 10.0. The summed E-state index contributed by atoms with van der Waals surface area (Å²) in [5.74, 6) is 5.34. The molecule has 0 radical (unpaired) electrons. The second-order valence-electron chi connectivity index (χ2n) is 3.66. The molecule has 90 valence electrons. The van der Waals surface area contributed by atoms with E-state index in [4.69, 9.17) is 5.84 Å². The molecule has 0 aliphatic heterocycles. The van der Waals surface area contributed by atoms with Crippen LogP contribution in [0.2, 0.25) is 0 Å². The largest absolute Gasteiger partial charge is 0.271 e. The van der Waals surface area contributed by atoms with Gasteiger partial charge in [-0.25, -0.2) is 4.39 Å².